The highest BCUT2D eigenvalue weighted by atomic mass is 79.9. The smallest absolute Gasteiger partial charge is 0.189 e. The van der Waals surface area contributed by atoms with Crippen molar-refractivity contribution in [3.05, 3.63) is 75.3 Å². The zero-order valence-electron chi connectivity index (χ0n) is 10.7. The van der Waals surface area contributed by atoms with Crippen LogP contribution >= 0.6 is 15.9 Å². The second-order valence-electron chi connectivity index (χ2n) is 4.86. The number of halogens is 1. The second kappa shape index (κ2) is 5.35. The molecule has 20 heavy (non-hydrogen) atoms. The number of rotatable bonds is 1. The number of carbonyl (C=O) groups excluding carboxylic acids is 1. The van der Waals surface area contributed by atoms with Crippen LogP contribution in [0.25, 0.3) is 6.08 Å². The van der Waals surface area contributed by atoms with Crippen LogP contribution in [0.15, 0.2) is 58.6 Å². The van der Waals surface area contributed by atoms with Crippen molar-refractivity contribution in [3.63, 3.8) is 0 Å². The van der Waals surface area contributed by atoms with Gasteiger partial charge in [-0.25, -0.2) is 0 Å². The van der Waals surface area contributed by atoms with Crippen LogP contribution < -0.4 is 0 Å². The number of fused-ring (bicyclic) bond motifs is 1. The number of carbonyl (C=O) groups is 1. The van der Waals surface area contributed by atoms with Crippen molar-refractivity contribution in [2.45, 2.75) is 12.5 Å². The molecule has 1 atom stereocenters. The first-order chi connectivity index (χ1) is 9.65. The molecule has 0 saturated heterocycles. The normalized spacial score (nSPS) is 20.0. The molecule has 0 aromatic heterocycles. The largest absolute Gasteiger partial charge is 0.388 e. The van der Waals surface area contributed by atoms with Crippen LogP contribution in [0, 0.1) is 0 Å². The zero-order valence-corrected chi connectivity index (χ0v) is 12.3. The van der Waals surface area contributed by atoms with E-state index >= 15 is 0 Å². The Hall–Kier alpha value is -1.71. The molecule has 100 valence electrons. The van der Waals surface area contributed by atoms with Crippen molar-refractivity contribution in [1.29, 1.82) is 0 Å². The summed E-state index contributed by atoms with van der Waals surface area (Å²) >= 11 is 3.39. The molecule has 1 N–H and O–H groups in total. The zero-order chi connectivity index (χ0) is 14.1. The molecule has 0 radical (unpaired) electrons. The van der Waals surface area contributed by atoms with Gasteiger partial charge < -0.3 is 5.11 Å². The Kier molecular flexibility index (Phi) is 3.55. The molecule has 0 spiro atoms. The molecule has 2 nitrogen and oxygen atoms in total. The Morgan fingerprint density at radius 1 is 1.10 bits per heavy atom. The van der Waals surface area contributed by atoms with E-state index in [1.54, 1.807) is 6.07 Å². The fourth-order valence-corrected chi connectivity index (χ4v) is 2.73. The maximum atomic E-state index is 12.4. The van der Waals surface area contributed by atoms with Gasteiger partial charge in [0.05, 0.1) is 6.10 Å². The molecule has 2 aromatic rings. The van der Waals surface area contributed by atoms with Gasteiger partial charge >= 0.3 is 0 Å². The maximum absolute atomic E-state index is 12.4. The monoisotopic (exact) mass is 328 g/mol. The minimum Gasteiger partial charge on any atom is -0.388 e. The van der Waals surface area contributed by atoms with Crippen LogP contribution in [-0.2, 0) is 0 Å². The molecule has 3 heteroatoms. The van der Waals surface area contributed by atoms with Crippen molar-refractivity contribution in [2.75, 3.05) is 0 Å². The number of benzene rings is 2. The highest BCUT2D eigenvalue weighted by Crippen LogP contribution is 2.33. The van der Waals surface area contributed by atoms with Gasteiger partial charge in [0.2, 0.25) is 0 Å². The first kappa shape index (κ1) is 13.3. The van der Waals surface area contributed by atoms with Gasteiger partial charge in [-0.1, -0.05) is 52.3 Å². The fourth-order valence-electron chi connectivity index (χ4n) is 2.46. The van der Waals surface area contributed by atoms with E-state index in [2.05, 4.69) is 15.9 Å². The molecule has 0 heterocycles. The Morgan fingerprint density at radius 3 is 2.55 bits per heavy atom. The second-order valence-corrected chi connectivity index (χ2v) is 5.77. The number of aliphatic hydroxyl groups excluding tert-OH is 1. The number of ketones is 1. The van der Waals surface area contributed by atoms with Gasteiger partial charge in [0.25, 0.3) is 0 Å². The van der Waals surface area contributed by atoms with Crippen LogP contribution in [0.3, 0.4) is 0 Å². The molecular formula is C17H13BrO2. The first-order valence-corrected chi connectivity index (χ1v) is 7.22. The van der Waals surface area contributed by atoms with Gasteiger partial charge in [-0.2, -0.15) is 0 Å². The van der Waals surface area contributed by atoms with E-state index in [0.29, 0.717) is 17.6 Å². The molecule has 0 fully saturated rings. The van der Waals surface area contributed by atoms with E-state index in [0.717, 1.165) is 15.6 Å². The summed E-state index contributed by atoms with van der Waals surface area (Å²) in [6.07, 6.45) is 1.62. The van der Waals surface area contributed by atoms with E-state index in [4.69, 9.17) is 0 Å². The lowest BCUT2D eigenvalue weighted by Gasteiger charge is -2.22. The summed E-state index contributed by atoms with van der Waals surface area (Å²) < 4.78 is 1.00. The highest BCUT2D eigenvalue weighted by Gasteiger charge is 2.27. The van der Waals surface area contributed by atoms with E-state index in [1.165, 1.54) is 0 Å². The van der Waals surface area contributed by atoms with Gasteiger partial charge in [0.1, 0.15) is 0 Å². The van der Waals surface area contributed by atoms with Crippen LogP contribution in [-0.4, -0.2) is 10.9 Å². The predicted octanol–water partition coefficient (Wildman–Crippen LogP) is 4.15. The Morgan fingerprint density at radius 2 is 1.80 bits per heavy atom. The minimum atomic E-state index is -0.606. The molecule has 3 rings (SSSR count). The maximum Gasteiger partial charge on any atom is 0.189 e. The topological polar surface area (TPSA) is 37.3 Å². The standard InChI is InChI=1S/C17H13BrO2/c18-13-7-5-11(6-8-13)9-12-10-16(19)14-3-1-2-4-15(14)17(12)20/h1-9,16,19H,10H2/b12-9-/t16-/m0/s1. The highest BCUT2D eigenvalue weighted by molar-refractivity contribution is 9.10. The average Bonchev–Trinajstić information content (AvgIpc) is 2.47. The molecular weight excluding hydrogens is 316 g/mol. The average molecular weight is 329 g/mol. The third-order valence-electron chi connectivity index (χ3n) is 3.48. The van der Waals surface area contributed by atoms with Crippen molar-refractivity contribution >= 4 is 27.8 Å². The quantitative estimate of drug-likeness (QED) is 0.798. The van der Waals surface area contributed by atoms with Gasteiger partial charge in [-0.3, -0.25) is 4.79 Å². The van der Waals surface area contributed by atoms with E-state index in [1.807, 2.05) is 48.5 Å². The van der Waals surface area contributed by atoms with Crippen LogP contribution in [0.4, 0.5) is 0 Å². The SMILES string of the molecule is O=C1/C(=C\c2ccc(Br)cc2)C[C@H](O)c2ccccc21. The van der Waals surface area contributed by atoms with E-state index in [-0.39, 0.29) is 5.78 Å². The summed E-state index contributed by atoms with van der Waals surface area (Å²) in [5, 5.41) is 10.2. The molecule has 0 unspecified atom stereocenters. The van der Waals surface area contributed by atoms with Crippen LogP contribution in [0.1, 0.15) is 34.0 Å². The van der Waals surface area contributed by atoms with Gasteiger partial charge in [0, 0.05) is 22.0 Å². The van der Waals surface area contributed by atoms with E-state index < -0.39 is 6.10 Å². The number of Topliss-reactive ketones (excluding diaryl/α,β-unsaturated/α-hetero) is 1. The van der Waals surface area contributed by atoms with Gasteiger partial charge in [-0.05, 0) is 29.3 Å². The van der Waals surface area contributed by atoms with Crippen molar-refractivity contribution < 1.29 is 9.90 Å². The molecule has 0 amide bonds. The Labute approximate surface area is 125 Å². The summed E-state index contributed by atoms with van der Waals surface area (Å²) in [4.78, 5) is 12.4. The molecule has 0 bridgehead atoms. The number of hydrogen-bond acceptors (Lipinski definition) is 2. The predicted molar refractivity (Wildman–Crippen MR) is 82.5 cm³/mol. The number of aliphatic hydroxyl groups is 1. The van der Waals surface area contributed by atoms with E-state index in [9.17, 15) is 9.90 Å². The van der Waals surface area contributed by atoms with Crippen molar-refractivity contribution in [3.8, 4) is 0 Å². The van der Waals surface area contributed by atoms with Gasteiger partial charge in [-0.15, -0.1) is 0 Å². The van der Waals surface area contributed by atoms with Crippen LogP contribution in [0.2, 0.25) is 0 Å². The summed E-state index contributed by atoms with van der Waals surface area (Å²) in [7, 11) is 0. The van der Waals surface area contributed by atoms with Crippen molar-refractivity contribution in [2.24, 2.45) is 0 Å². The lowest BCUT2D eigenvalue weighted by molar-refractivity contribution is 0.0979. The fraction of sp³-hybridized carbons (Fsp3) is 0.118. The minimum absolute atomic E-state index is 0.00817. The molecule has 0 saturated carbocycles. The number of hydrogen-bond donors (Lipinski definition) is 1. The summed E-state index contributed by atoms with van der Waals surface area (Å²) in [6, 6.07) is 15.0. The summed E-state index contributed by atoms with van der Waals surface area (Å²) in [5.41, 5.74) is 2.95. The third kappa shape index (κ3) is 2.47. The Bertz CT molecular complexity index is 686. The lowest BCUT2D eigenvalue weighted by Crippen LogP contribution is -2.18. The molecule has 2 aromatic carbocycles. The first-order valence-electron chi connectivity index (χ1n) is 6.43. The van der Waals surface area contributed by atoms with Gasteiger partial charge in [0.15, 0.2) is 5.78 Å². The van der Waals surface area contributed by atoms with Crippen molar-refractivity contribution in [1.82, 2.24) is 0 Å². The lowest BCUT2D eigenvalue weighted by atomic mass is 9.84. The summed E-state index contributed by atoms with van der Waals surface area (Å²) in [5.74, 6) is 0.00817. The molecule has 1 aliphatic carbocycles. The third-order valence-corrected chi connectivity index (χ3v) is 4.01. The molecule has 0 aliphatic heterocycles. The summed E-state index contributed by atoms with van der Waals surface area (Å²) in [6.45, 7) is 0. The van der Waals surface area contributed by atoms with Crippen LogP contribution in [0.5, 0.6) is 0 Å². The molecule has 1 aliphatic rings. The Balaban J connectivity index is 2.01.